The van der Waals surface area contributed by atoms with Gasteiger partial charge in [-0.2, -0.15) is 5.10 Å². The van der Waals surface area contributed by atoms with Crippen LogP contribution >= 0.6 is 34.3 Å². The lowest BCUT2D eigenvalue weighted by molar-refractivity contribution is 0.0601. The molecule has 1 N–H and O–H groups in total. The van der Waals surface area contributed by atoms with Gasteiger partial charge in [0.05, 0.1) is 35.3 Å². The fraction of sp³-hybridized carbons (Fsp3) is 0.350. The topological polar surface area (TPSA) is 73.2 Å². The third kappa shape index (κ3) is 4.39. The number of carbonyl (C=O) groups excluding carboxylic acids is 2. The summed E-state index contributed by atoms with van der Waals surface area (Å²) >= 11 is 8.76. The van der Waals surface area contributed by atoms with Crippen molar-refractivity contribution >= 4 is 51.2 Å². The number of nitrogens with one attached hydrogen (secondary N) is 1. The SMILES string of the molecule is COC(=O)c1c(NC(=O)c2cc(Cn3cc(Cl)cn3)cs2)sc2c1CCCCC2. The van der Waals surface area contributed by atoms with Gasteiger partial charge < -0.3 is 10.1 Å². The van der Waals surface area contributed by atoms with E-state index >= 15 is 0 Å². The predicted molar refractivity (Wildman–Crippen MR) is 116 cm³/mol. The summed E-state index contributed by atoms with van der Waals surface area (Å²) in [6.07, 6.45) is 8.41. The van der Waals surface area contributed by atoms with Crippen molar-refractivity contribution in [2.45, 2.75) is 38.6 Å². The first-order valence-electron chi connectivity index (χ1n) is 9.34. The van der Waals surface area contributed by atoms with Crippen LogP contribution < -0.4 is 5.32 Å². The minimum Gasteiger partial charge on any atom is -0.465 e. The van der Waals surface area contributed by atoms with Crippen molar-refractivity contribution in [3.8, 4) is 0 Å². The predicted octanol–water partition coefficient (Wildman–Crippen LogP) is 5.02. The summed E-state index contributed by atoms with van der Waals surface area (Å²) in [6.45, 7) is 0.539. The van der Waals surface area contributed by atoms with Crippen LogP contribution in [0.1, 0.15) is 55.3 Å². The number of aromatic nitrogens is 2. The lowest BCUT2D eigenvalue weighted by Crippen LogP contribution is -2.13. The van der Waals surface area contributed by atoms with E-state index in [0.717, 1.165) is 43.2 Å². The van der Waals surface area contributed by atoms with Crippen molar-refractivity contribution in [3.05, 3.63) is 55.3 Å². The molecular formula is C20H20ClN3O3S2. The number of carbonyl (C=O) groups is 2. The third-order valence-electron chi connectivity index (χ3n) is 4.86. The van der Waals surface area contributed by atoms with Crippen molar-refractivity contribution in [1.82, 2.24) is 9.78 Å². The number of nitrogens with zero attached hydrogens (tertiary/aromatic N) is 2. The van der Waals surface area contributed by atoms with Gasteiger partial charge in [0.25, 0.3) is 5.91 Å². The number of methoxy groups -OCH3 is 1. The van der Waals surface area contributed by atoms with E-state index in [1.807, 2.05) is 11.4 Å². The van der Waals surface area contributed by atoms with Gasteiger partial charge in [0.2, 0.25) is 0 Å². The number of esters is 1. The molecule has 1 aliphatic rings. The number of ether oxygens (including phenoxy) is 1. The number of aryl methyl sites for hydroxylation is 1. The fourth-order valence-corrected chi connectivity index (χ4v) is 5.73. The quantitative estimate of drug-likeness (QED) is 0.438. The summed E-state index contributed by atoms with van der Waals surface area (Å²) < 4.78 is 6.72. The van der Waals surface area contributed by atoms with Crippen LogP contribution in [0.4, 0.5) is 5.00 Å². The zero-order chi connectivity index (χ0) is 20.4. The van der Waals surface area contributed by atoms with Gasteiger partial charge in [0.15, 0.2) is 0 Å². The third-order valence-corrected chi connectivity index (χ3v) is 7.24. The zero-order valence-corrected chi connectivity index (χ0v) is 18.3. The molecule has 0 fully saturated rings. The average molecular weight is 450 g/mol. The molecule has 0 atom stereocenters. The van der Waals surface area contributed by atoms with Crippen LogP contribution in [0.25, 0.3) is 0 Å². The largest absolute Gasteiger partial charge is 0.465 e. The Labute approximate surface area is 181 Å². The van der Waals surface area contributed by atoms with Gasteiger partial charge in [-0.15, -0.1) is 22.7 Å². The summed E-state index contributed by atoms with van der Waals surface area (Å²) in [4.78, 5) is 27.0. The number of hydrogen-bond acceptors (Lipinski definition) is 6. The second-order valence-electron chi connectivity index (χ2n) is 6.89. The van der Waals surface area contributed by atoms with Gasteiger partial charge in [0.1, 0.15) is 5.00 Å². The number of amides is 1. The lowest BCUT2D eigenvalue weighted by atomic mass is 10.1. The minimum atomic E-state index is -0.387. The van der Waals surface area contributed by atoms with Crippen molar-refractivity contribution in [1.29, 1.82) is 0 Å². The van der Waals surface area contributed by atoms with Gasteiger partial charge >= 0.3 is 5.97 Å². The molecule has 29 heavy (non-hydrogen) atoms. The van der Waals surface area contributed by atoms with Crippen LogP contribution in [0.5, 0.6) is 0 Å². The average Bonchev–Trinajstić information content (AvgIpc) is 3.37. The molecule has 0 saturated carbocycles. The first-order valence-corrected chi connectivity index (χ1v) is 11.4. The van der Waals surface area contributed by atoms with Gasteiger partial charge in [-0.25, -0.2) is 4.79 Å². The smallest absolute Gasteiger partial charge is 0.341 e. The highest BCUT2D eigenvalue weighted by Crippen LogP contribution is 2.38. The monoisotopic (exact) mass is 449 g/mol. The van der Waals surface area contributed by atoms with Gasteiger partial charge in [-0.1, -0.05) is 18.0 Å². The Morgan fingerprint density at radius 2 is 2.14 bits per heavy atom. The van der Waals surface area contributed by atoms with E-state index in [0.29, 0.717) is 27.0 Å². The van der Waals surface area contributed by atoms with E-state index in [4.69, 9.17) is 16.3 Å². The normalized spacial score (nSPS) is 13.6. The molecule has 1 aliphatic carbocycles. The molecule has 4 rings (SSSR count). The second-order valence-corrected chi connectivity index (χ2v) is 9.34. The maximum Gasteiger partial charge on any atom is 0.341 e. The van der Waals surface area contributed by atoms with E-state index in [1.165, 1.54) is 34.7 Å². The first kappa shape index (κ1) is 20.1. The molecule has 0 bridgehead atoms. The zero-order valence-electron chi connectivity index (χ0n) is 15.9. The molecule has 6 nitrogen and oxygen atoms in total. The minimum absolute atomic E-state index is 0.221. The lowest BCUT2D eigenvalue weighted by Gasteiger charge is -2.06. The van der Waals surface area contributed by atoms with Crippen LogP contribution in [0.3, 0.4) is 0 Å². The molecule has 0 saturated heterocycles. The maximum absolute atomic E-state index is 12.8. The molecule has 0 aromatic carbocycles. The standard InChI is InChI=1S/C20H20ClN3O3S2/c1-27-20(26)17-14-5-3-2-4-6-15(14)29-19(17)23-18(25)16-7-12(11-28-16)9-24-10-13(21)8-22-24/h7-8,10-11H,2-6,9H2,1H3,(H,23,25). The van der Waals surface area contributed by atoms with Gasteiger partial charge in [0, 0.05) is 11.1 Å². The van der Waals surface area contributed by atoms with Gasteiger partial charge in [-0.3, -0.25) is 9.48 Å². The second kappa shape index (κ2) is 8.69. The molecule has 0 radical (unpaired) electrons. The van der Waals surface area contributed by atoms with E-state index < -0.39 is 0 Å². The number of hydrogen-bond donors (Lipinski definition) is 1. The van der Waals surface area contributed by atoms with E-state index in [2.05, 4.69) is 10.4 Å². The summed E-state index contributed by atoms with van der Waals surface area (Å²) in [6, 6.07) is 1.84. The molecule has 9 heteroatoms. The van der Waals surface area contributed by atoms with Gasteiger partial charge in [-0.05, 0) is 48.3 Å². The number of halogens is 1. The number of fused-ring (bicyclic) bond motifs is 1. The molecular weight excluding hydrogens is 430 g/mol. The van der Waals surface area contributed by atoms with E-state index in [1.54, 1.807) is 17.1 Å². The Kier molecular flexibility index (Phi) is 6.03. The fourth-order valence-electron chi connectivity index (χ4n) is 3.50. The highest BCUT2D eigenvalue weighted by atomic mass is 35.5. The Hall–Kier alpha value is -2.16. The Morgan fingerprint density at radius 1 is 1.31 bits per heavy atom. The summed E-state index contributed by atoms with van der Waals surface area (Å²) in [5, 5.41) is 10.2. The highest BCUT2D eigenvalue weighted by Gasteiger charge is 2.26. The Bertz CT molecular complexity index is 1050. The van der Waals surface area contributed by atoms with Crippen LogP contribution in [0.2, 0.25) is 5.02 Å². The molecule has 3 aromatic rings. The Balaban J connectivity index is 1.54. The number of rotatable bonds is 5. The van der Waals surface area contributed by atoms with E-state index in [-0.39, 0.29) is 11.9 Å². The molecule has 0 unspecified atom stereocenters. The van der Waals surface area contributed by atoms with Crippen LogP contribution in [-0.2, 0) is 24.1 Å². The summed E-state index contributed by atoms with van der Waals surface area (Å²) in [5.74, 6) is -0.608. The molecule has 3 aromatic heterocycles. The van der Waals surface area contributed by atoms with Crippen molar-refractivity contribution < 1.29 is 14.3 Å². The Morgan fingerprint density at radius 3 is 2.90 bits per heavy atom. The number of anilines is 1. The highest BCUT2D eigenvalue weighted by molar-refractivity contribution is 7.17. The summed E-state index contributed by atoms with van der Waals surface area (Å²) in [7, 11) is 1.38. The molecule has 0 aliphatic heterocycles. The van der Waals surface area contributed by atoms with Crippen molar-refractivity contribution in [3.63, 3.8) is 0 Å². The molecule has 1 amide bonds. The van der Waals surface area contributed by atoms with Crippen molar-refractivity contribution in [2.24, 2.45) is 0 Å². The summed E-state index contributed by atoms with van der Waals surface area (Å²) in [5.41, 5.74) is 2.53. The number of thiophene rings is 2. The van der Waals surface area contributed by atoms with Crippen LogP contribution in [-0.4, -0.2) is 28.8 Å². The maximum atomic E-state index is 12.8. The van der Waals surface area contributed by atoms with Crippen molar-refractivity contribution in [2.75, 3.05) is 12.4 Å². The first-order chi connectivity index (χ1) is 14.0. The molecule has 3 heterocycles. The molecule has 152 valence electrons. The van der Waals surface area contributed by atoms with Crippen LogP contribution in [0.15, 0.2) is 23.8 Å². The molecule has 0 spiro atoms. The van der Waals surface area contributed by atoms with E-state index in [9.17, 15) is 9.59 Å². The van der Waals surface area contributed by atoms with Crippen LogP contribution in [0, 0.1) is 0 Å².